The molecule has 90 valence electrons. The molecule has 0 aliphatic rings. The third-order valence-corrected chi connectivity index (χ3v) is 3.72. The van der Waals surface area contributed by atoms with Crippen molar-refractivity contribution in [3.8, 4) is 11.3 Å². The van der Waals surface area contributed by atoms with Gasteiger partial charge in [-0.15, -0.1) is 0 Å². The van der Waals surface area contributed by atoms with Crippen LogP contribution in [0.3, 0.4) is 0 Å². The summed E-state index contributed by atoms with van der Waals surface area (Å²) in [7, 11) is 0. The Balaban J connectivity index is 2.35. The summed E-state index contributed by atoms with van der Waals surface area (Å²) in [6.45, 7) is 0. The second kappa shape index (κ2) is 4.43. The highest BCUT2D eigenvalue weighted by Crippen LogP contribution is 2.35. The second-order valence-electron chi connectivity index (χ2n) is 3.73. The monoisotopic (exact) mass is 297 g/mol. The van der Waals surface area contributed by atoms with Crippen LogP contribution in [0.5, 0.6) is 0 Å². The van der Waals surface area contributed by atoms with Crippen molar-refractivity contribution in [1.29, 1.82) is 0 Å². The van der Waals surface area contributed by atoms with Gasteiger partial charge in [-0.1, -0.05) is 34.8 Å². The van der Waals surface area contributed by atoms with Crippen LogP contribution in [0.1, 0.15) is 0 Å². The summed E-state index contributed by atoms with van der Waals surface area (Å²) in [6.07, 6.45) is 3.41. The van der Waals surface area contributed by atoms with Gasteiger partial charge in [-0.25, -0.2) is 4.98 Å². The number of aromatic amines is 1. The topological polar surface area (TPSA) is 41.6 Å². The normalized spacial score (nSPS) is 11.1. The summed E-state index contributed by atoms with van der Waals surface area (Å²) in [5.74, 6) is 0. The number of pyridine rings is 1. The van der Waals surface area contributed by atoms with Crippen LogP contribution in [-0.2, 0) is 0 Å². The van der Waals surface area contributed by atoms with Crippen LogP contribution in [0, 0.1) is 0 Å². The van der Waals surface area contributed by atoms with E-state index in [1.165, 1.54) is 0 Å². The van der Waals surface area contributed by atoms with Crippen LogP contribution in [0.2, 0.25) is 15.1 Å². The fourth-order valence-corrected chi connectivity index (χ4v) is 2.35. The SMILES string of the molecule is Clc1ccc2c(Cl)cc(-c3cn[nH]c3)nc2c1Cl. The summed E-state index contributed by atoms with van der Waals surface area (Å²) in [4.78, 5) is 4.48. The molecule has 0 atom stereocenters. The van der Waals surface area contributed by atoms with E-state index in [0.717, 1.165) is 10.9 Å². The molecule has 0 fully saturated rings. The van der Waals surface area contributed by atoms with Crippen molar-refractivity contribution in [3.63, 3.8) is 0 Å². The predicted molar refractivity (Wildman–Crippen MR) is 74.4 cm³/mol. The molecule has 0 saturated heterocycles. The third-order valence-electron chi connectivity index (χ3n) is 2.62. The molecule has 3 aromatic rings. The van der Waals surface area contributed by atoms with E-state index in [4.69, 9.17) is 34.8 Å². The number of rotatable bonds is 1. The van der Waals surface area contributed by atoms with Crippen molar-refractivity contribution in [3.05, 3.63) is 45.7 Å². The number of hydrogen-bond donors (Lipinski definition) is 1. The lowest BCUT2D eigenvalue weighted by atomic mass is 10.1. The molecule has 2 heterocycles. The Bertz CT molecular complexity index is 723. The third kappa shape index (κ3) is 1.85. The van der Waals surface area contributed by atoms with Gasteiger partial charge in [0.1, 0.15) is 0 Å². The maximum atomic E-state index is 6.23. The zero-order valence-electron chi connectivity index (χ0n) is 8.92. The van der Waals surface area contributed by atoms with Gasteiger partial charge in [0.05, 0.1) is 32.5 Å². The van der Waals surface area contributed by atoms with Crippen LogP contribution >= 0.6 is 34.8 Å². The molecule has 0 aliphatic heterocycles. The van der Waals surface area contributed by atoms with Crippen molar-refractivity contribution in [2.45, 2.75) is 0 Å². The van der Waals surface area contributed by atoms with Gasteiger partial charge < -0.3 is 0 Å². The Labute approximate surface area is 118 Å². The molecule has 0 amide bonds. The van der Waals surface area contributed by atoms with E-state index in [-0.39, 0.29) is 0 Å². The molecular formula is C12H6Cl3N3. The molecule has 1 aromatic carbocycles. The minimum atomic E-state index is 0.404. The Hall–Kier alpha value is -1.29. The Morgan fingerprint density at radius 1 is 1.06 bits per heavy atom. The molecule has 0 saturated carbocycles. The van der Waals surface area contributed by atoms with E-state index >= 15 is 0 Å². The van der Waals surface area contributed by atoms with E-state index in [0.29, 0.717) is 26.3 Å². The number of nitrogens with zero attached hydrogens (tertiary/aromatic N) is 2. The Morgan fingerprint density at radius 3 is 2.61 bits per heavy atom. The van der Waals surface area contributed by atoms with Crippen LogP contribution < -0.4 is 0 Å². The van der Waals surface area contributed by atoms with Gasteiger partial charge >= 0.3 is 0 Å². The molecule has 0 spiro atoms. The van der Waals surface area contributed by atoms with Crippen LogP contribution in [0.15, 0.2) is 30.6 Å². The largest absolute Gasteiger partial charge is 0.285 e. The fraction of sp³-hybridized carbons (Fsp3) is 0. The van der Waals surface area contributed by atoms with Gasteiger partial charge in [-0.05, 0) is 18.2 Å². The van der Waals surface area contributed by atoms with Crippen molar-refractivity contribution in [2.75, 3.05) is 0 Å². The van der Waals surface area contributed by atoms with E-state index in [1.807, 2.05) is 0 Å². The molecule has 6 heteroatoms. The number of aromatic nitrogens is 3. The van der Waals surface area contributed by atoms with Gasteiger partial charge in [0.25, 0.3) is 0 Å². The van der Waals surface area contributed by atoms with E-state index in [1.54, 1.807) is 30.6 Å². The first-order valence-corrected chi connectivity index (χ1v) is 6.23. The molecule has 2 aromatic heterocycles. The van der Waals surface area contributed by atoms with Crippen molar-refractivity contribution < 1.29 is 0 Å². The smallest absolute Gasteiger partial charge is 0.0925 e. The van der Waals surface area contributed by atoms with Crippen molar-refractivity contribution in [2.24, 2.45) is 0 Å². The highest BCUT2D eigenvalue weighted by Gasteiger charge is 2.11. The lowest BCUT2D eigenvalue weighted by Gasteiger charge is -2.06. The molecule has 0 aliphatic carbocycles. The number of nitrogens with one attached hydrogen (secondary N) is 1. The first-order chi connectivity index (χ1) is 8.66. The van der Waals surface area contributed by atoms with Crippen molar-refractivity contribution >= 4 is 45.7 Å². The summed E-state index contributed by atoms with van der Waals surface area (Å²) >= 11 is 18.4. The molecule has 0 unspecified atom stereocenters. The van der Waals surface area contributed by atoms with E-state index in [2.05, 4.69) is 15.2 Å². The Kier molecular flexibility index (Phi) is 2.90. The summed E-state index contributed by atoms with van der Waals surface area (Å²) in [6, 6.07) is 5.29. The van der Waals surface area contributed by atoms with Crippen LogP contribution in [0.25, 0.3) is 22.2 Å². The zero-order chi connectivity index (χ0) is 12.7. The summed E-state index contributed by atoms with van der Waals surface area (Å²) in [5.41, 5.74) is 2.13. The molecule has 1 N–H and O–H groups in total. The molecule has 3 nitrogen and oxygen atoms in total. The maximum absolute atomic E-state index is 6.23. The lowest BCUT2D eigenvalue weighted by Crippen LogP contribution is -1.87. The van der Waals surface area contributed by atoms with Crippen LogP contribution in [-0.4, -0.2) is 15.2 Å². The van der Waals surface area contributed by atoms with Gasteiger partial charge in [-0.3, -0.25) is 5.10 Å². The number of benzene rings is 1. The number of H-pyrrole nitrogens is 1. The average molecular weight is 299 g/mol. The highest BCUT2D eigenvalue weighted by molar-refractivity contribution is 6.46. The van der Waals surface area contributed by atoms with E-state index in [9.17, 15) is 0 Å². The van der Waals surface area contributed by atoms with Gasteiger partial charge in [0.15, 0.2) is 0 Å². The number of halogens is 3. The highest BCUT2D eigenvalue weighted by atomic mass is 35.5. The minimum Gasteiger partial charge on any atom is -0.285 e. The Morgan fingerprint density at radius 2 is 1.89 bits per heavy atom. The minimum absolute atomic E-state index is 0.404. The van der Waals surface area contributed by atoms with Gasteiger partial charge in [0, 0.05) is 17.1 Å². The fourth-order valence-electron chi connectivity index (χ4n) is 1.73. The molecule has 0 bridgehead atoms. The number of fused-ring (bicyclic) bond motifs is 1. The molecule has 3 rings (SSSR count). The second-order valence-corrected chi connectivity index (χ2v) is 4.93. The van der Waals surface area contributed by atoms with Gasteiger partial charge in [0.2, 0.25) is 0 Å². The number of hydrogen-bond acceptors (Lipinski definition) is 2. The molecular weight excluding hydrogens is 293 g/mol. The van der Waals surface area contributed by atoms with Gasteiger partial charge in [-0.2, -0.15) is 5.10 Å². The quantitative estimate of drug-likeness (QED) is 0.714. The van der Waals surface area contributed by atoms with Crippen molar-refractivity contribution in [1.82, 2.24) is 15.2 Å². The van der Waals surface area contributed by atoms with Crippen LogP contribution in [0.4, 0.5) is 0 Å². The standard InChI is InChI=1S/C12H6Cl3N3/c13-8-2-1-7-9(14)3-10(6-4-16-17-5-6)18-12(7)11(8)15/h1-5H,(H,16,17). The molecule has 18 heavy (non-hydrogen) atoms. The summed E-state index contributed by atoms with van der Waals surface area (Å²) in [5, 5.41) is 8.83. The maximum Gasteiger partial charge on any atom is 0.0925 e. The average Bonchev–Trinajstić information content (AvgIpc) is 2.88. The predicted octanol–water partition coefficient (Wildman–Crippen LogP) is 4.59. The van der Waals surface area contributed by atoms with E-state index < -0.39 is 0 Å². The lowest BCUT2D eigenvalue weighted by molar-refractivity contribution is 1.09. The first-order valence-electron chi connectivity index (χ1n) is 5.10. The summed E-state index contributed by atoms with van der Waals surface area (Å²) < 4.78 is 0. The zero-order valence-corrected chi connectivity index (χ0v) is 11.2. The first kappa shape index (κ1) is 11.8. The molecule has 0 radical (unpaired) electrons.